The highest BCUT2D eigenvalue weighted by Gasteiger charge is 2.71. The Bertz CT molecular complexity index is 607. The van der Waals surface area contributed by atoms with E-state index >= 15 is 0 Å². The van der Waals surface area contributed by atoms with E-state index in [1.54, 1.807) is 12.1 Å². The smallest absolute Gasteiger partial charge is 0.245 e. The number of benzene rings is 1. The van der Waals surface area contributed by atoms with Crippen molar-refractivity contribution in [3.8, 4) is 0 Å². The molecule has 0 aromatic heterocycles. The van der Waals surface area contributed by atoms with Crippen molar-refractivity contribution >= 4 is 45.8 Å². The third kappa shape index (κ3) is 2.12. The van der Waals surface area contributed by atoms with Crippen LogP contribution >= 0.6 is 34.2 Å². The minimum Gasteiger partial charge on any atom is -0.377 e. The largest absolute Gasteiger partial charge is 0.377 e. The summed E-state index contributed by atoms with van der Waals surface area (Å²) in [4.78, 5) is 12.8. The van der Waals surface area contributed by atoms with Gasteiger partial charge >= 0.3 is 0 Å². The van der Waals surface area contributed by atoms with Crippen molar-refractivity contribution in [1.29, 1.82) is 0 Å². The molecule has 1 aliphatic carbocycles. The van der Waals surface area contributed by atoms with Gasteiger partial charge in [-0.25, -0.2) is 0 Å². The fourth-order valence-corrected chi connectivity index (χ4v) is 4.67. The van der Waals surface area contributed by atoms with E-state index in [0.29, 0.717) is 11.6 Å². The molecule has 3 N–H and O–H groups in total. The number of anilines is 1. The maximum Gasteiger partial charge on any atom is 0.245 e. The third-order valence-electron chi connectivity index (χ3n) is 5.01. The highest BCUT2D eigenvalue weighted by Crippen LogP contribution is 2.58. The highest BCUT2D eigenvalue weighted by atomic mass is 127. The molecule has 1 aliphatic heterocycles. The zero-order chi connectivity index (χ0) is 15.4. The maximum atomic E-state index is 12.8. The number of fused-ring (bicyclic) bond motifs is 1. The normalized spacial score (nSPS) is 33.2. The third-order valence-corrected chi connectivity index (χ3v) is 6.14. The molecule has 2 aliphatic rings. The molecule has 0 radical (unpaired) electrons. The lowest BCUT2D eigenvalue weighted by molar-refractivity contribution is -0.170. The predicted molar refractivity (Wildman–Crippen MR) is 91.3 cm³/mol. The van der Waals surface area contributed by atoms with Gasteiger partial charge in [0.05, 0.1) is 11.8 Å². The van der Waals surface area contributed by atoms with Gasteiger partial charge in [-0.15, -0.1) is 0 Å². The molecule has 4 nitrogen and oxygen atoms in total. The fourth-order valence-electron chi connectivity index (χ4n) is 3.66. The van der Waals surface area contributed by atoms with E-state index < -0.39 is 5.54 Å². The van der Waals surface area contributed by atoms with E-state index in [2.05, 4.69) is 27.9 Å². The Morgan fingerprint density at radius 2 is 2.24 bits per heavy atom. The van der Waals surface area contributed by atoms with E-state index in [0.717, 1.165) is 15.7 Å². The van der Waals surface area contributed by atoms with Crippen molar-refractivity contribution < 1.29 is 9.53 Å². The second-order valence-corrected chi connectivity index (χ2v) is 7.95. The SMILES string of the molecule is CC1(C)C2OCCC2C1(N)C(=O)Nc1ccc(Cl)cc1I. The standard InChI is InChI=1S/C15H18ClIN2O2/c1-14(2)12-9(5-6-21-12)15(14,18)13(20)19-11-4-3-8(16)7-10(11)17/h3-4,7,9,12H,5-6,18H2,1-2H3,(H,19,20). The average molecular weight is 421 g/mol. The first kappa shape index (κ1) is 15.5. The van der Waals surface area contributed by atoms with Crippen molar-refractivity contribution in [1.82, 2.24) is 0 Å². The molecular formula is C15H18ClIN2O2. The summed E-state index contributed by atoms with van der Waals surface area (Å²) >= 11 is 8.09. The van der Waals surface area contributed by atoms with Gasteiger partial charge in [-0.3, -0.25) is 4.79 Å². The number of hydrogen-bond acceptors (Lipinski definition) is 3. The molecule has 2 fully saturated rings. The van der Waals surface area contributed by atoms with Crippen LogP contribution in [0.2, 0.25) is 5.02 Å². The summed E-state index contributed by atoms with van der Waals surface area (Å²) in [5.41, 5.74) is 6.00. The number of amides is 1. The summed E-state index contributed by atoms with van der Waals surface area (Å²) in [5.74, 6) is -0.0445. The van der Waals surface area contributed by atoms with Crippen molar-refractivity contribution in [3.63, 3.8) is 0 Å². The first-order valence-electron chi connectivity index (χ1n) is 6.95. The van der Waals surface area contributed by atoms with Crippen molar-refractivity contribution in [2.24, 2.45) is 17.1 Å². The predicted octanol–water partition coefficient (Wildman–Crippen LogP) is 3.03. The van der Waals surface area contributed by atoms with Crippen LogP contribution in [0.15, 0.2) is 18.2 Å². The molecule has 1 saturated heterocycles. The van der Waals surface area contributed by atoms with Crippen LogP contribution in [0.4, 0.5) is 5.69 Å². The highest BCUT2D eigenvalue weighted by molar-refractivity contribution is 14.1. The molecule has 1 amide bonds. The summed E-state index contributed by atoms with van der Waals surface area (Å²) in [7, 11) is 0. The molecule has 114 valence electrons. The van der Waals surface area contributed by atoms with Gasteiger partial charge in [0, 0.05) is 26.5 Å². The molecule has 0 spiro atoms. The van der Waals surface area contributed by atoms with Crippen LogP contribution in [0.5, 0.6) is 0 Å². The molecule has 21 heavy (non-hydrogen) atoms. The Balaban J connectivity index is 1.85. The number of carbonyl (C=O) groups is 1. The Kier molecular flexibility index (Phi) is 3.75. The van der Waals surface area contributed by atoms with Crippen LogP contribution < -0.4 is 11.1 Å². The second kappa shape index (κ2) is 5.08. The van der Waals surface area contributed by atoms with Crippen molar-refractivity contribution in [2.75, 3.05) is 11.9 Å². The van der Waals surface area contributed by atoms with Crippen LogP contribution in [-0.2, 0) is 9.53 Å². The van der Waals surface area contributed by atoms with E-state index in [1.807, 2.05) is 19.9 Å². The lowest BCUT2D eigenvalue weighted by atomic mass is 9.48. The molecule has 6 heteroatoms. The summed E-state index contributed by atoms with van der Waals surface area (Å²) in [6.45, 7) is 4.70. The minimum absolute atomic E-state index is 0.0811. The second-order valence-electron chi connectivity index (χ2n) is 6.36. The van der Waals surface area contributed by atoms with Gasteiger partial charge in [-0.05, 0) is 47.2 Å². The number of nitrogens with one attached hydrogen (secondary N) is 1. The number of halogens is 2. The summed E-state index contributed by atoms with van der Waals surface area (Å²) in [6.07, 6.45) is 0.924. The molecule has 0 bridgehead atoms. The molecule has 1 saturated carbocycles. The monoisotopic (exact) mass is 420 g/mol. The summed E-state index contributed by atoms with van der Waals surface area (Å²) in [6, 6.07) is 5.38. The van der Waals surface area contributed by atoms with Crippen LogP contribution in [0.1, 0.15) is 20.3 Å². The number of hydrogen-bond donors (Lipinski definition) is 2. The van der Waals surface area contributed by atoms with E-state index in [9.17, 15) is 4.79 Å². The zero-order valence-corrected chi connectivity index (χ0v) is 14.9. The molecule has 1 heterocycles. The van der Waals surface area contributed by atoms with Crippen LogP contribution in [0.25, 0.3) is 0 Å². The van der Waals surface area contributed by atoms with Gasteiger partial charge in [-0.1, -0.05) is 25.4 Å². The van der Waals surface area contributed by atoms with E-state index in [4.69, 9.17) is 22.1 Å². The lowest BCUT2D eigenvalue weighted by Gasteiger charge is -2.60. The summed E-state index contributed by atoms with van der Waals surface area (Å²) in [5, 5.41) is 3.61. The van der Waals surface area contributed by atoms with E-state index in [1.165, 1.54) is 0 Å². The average Bonchev–Trinajstić information content (AvgIpc) is 2.89. The Morgan fingerprint density at radius 1 is 1.52 bits per heavy atom. The first-order valence-corrected chi connectivity index (χ1v) is 8.41. The number of ether oxygens (including phenoxy) is 1. The van der Waals surface area contributed by atoms with Gasteiger partial charge in [0.1, 0.15) is 5.54 Å². The molecular weight excluding hydrogens is 403 g/mol. The van der Waals surface area contributed by atoms with Crippen LogP contribution in [-0.4, -0.2) is 24.2 Å². The van der Waals surface area contributed by atoms with Crippen molar-refractivity contribution in [2.45, 2.75) is 31.9 Å². The number of carbonyl (C=O) groups excluding carboxylic acids is 1. The zero-order valence-electron chi connectivity index (χ0n) is 12.0. The maximum absolute atomic E-state index is 12.8. The fraction of sp³-hybridized carbons (Fsp3) is 0.533. The van der Waals surface area contributed by atoms with Crippen molar-refractivity contribution in [3.05, 3.63) is 26.8 Å². The van der Waals surface area contributed by atoms with Crippen LogP contribution in [0.3, 0.4) is 0 Å². The minimum atomic E-state index is -0.892. The van der Waals surface area contributed by atoms with Crippen LogP contribution in [0, 0.1) is 14.9 Å². The van der Waals surface area contributed by atoms with Gasteiger partial charge in [0.25, 0.3) is 0 Å². The molecule has 3 unspecified atom stereocenters. The Morgan fingerprint density at radius 3 is 2.90 bits per heavy atom. The number of nitrogens with two attached hydrogens (primary N) is 1. The topological polar surface area (TPSA) is 64.3 Å². The number of rotatable bonds is 2. The quantitative estimate of drug-likeness (QED) is 0.723. The van der Waals surface area contributed by atoms with Gasteiger partial charge in [0.15, 0.2) is 0 Å². The van der Waals surface area contributed by atoms with Gasteiger partial charge < -0.3 is 15.8 Å². The molecule has 1 aromatic rings. The van der Waals surface area contributed by atoms with Gasteiger partial charge in [0.2, 0.25) is 5.91 Å². The Hall–Kier alpha value is -0.370. The summed E-state index contributed by atoms with van der Waals surface area (Å²) < 4.78 is 6.62. The first-order chi connectivity index (χ1) is 9.78. The lowest BCUT2D eigenvalue weighted by Crippen LogP contribution is -2.79. The van der Waals surface area contributed by atoms with Gasteiger partial charge in [-0.2, -0.15) is 0 Å². The molecule has 3 rings (SSSR count). The van der Waals surface area contributed by atoms with E-state index in [-0.39, 0.29) is 23.3 Å². The Labute approximate surface area is 142 Å². The molecule has 1 aromatic carbocycles. The molecule has 3 atom stereocenters.